The second-order valence-corrected chi connectivity index (χ2v) is 4.24. The van der Waals surface area contributed by atoms with Crippen LogP contribution in [0.25, 0.3) is 10.9 Å². The van der Waals surface area contributed by atoms with Crippen LogP contribution in [0.4, 0.5) is 4.39 Å². The topological polar surface area (TPSA) is 12.9 Å². The number of aromatic nitrogens is 1. The predicted molar refractivity (Wildman–Crippen MR) is 61.5 cm³/mol. The Morgan fingerprint density at radius 2 is 1.87 bits per heavy atom. The minimum atomic E-state index is -0.452. The highest BCUT2D eigenvalue weighted by atomic mass is 35.5. The molecule has 2 aromatic rings. The molecule has 5 heteroatoms. The van der Waals surface area contributed by atoms with Gasteiger partial charge in [0.1, 0.15) is 11.0 Å². The number of benzene rings is 1. The first kappa shape index (κ1) is 10.9. The molecule has 0 amide bonds. The van der Waals surface area contributed by atoms with Gasteiger partial charge in [-0.25, -0.2) is 9.37 Å². The summed E-state index contributed by atoms with van der Waals surface area (Å²) >= 11 is 17.7. The van der Waals surface area contributed by atoms with Gasteiger partial charge in [0.25, 0.3) is 0 Å². The van der Waals surface area contributed by atoms with Crippen LogP contribution < -0.4 is 0 Å². The van der Waals surface area contributed by atoms with E-state index in [0.717, 1.165) is 0 Å². The Kier molecular flexibility index (Phi) is 2.75. The molecule has 0 atom stereocenters. The molecular formula is C10H5Cl3FN. The van der Waals surface area contributed by atoms with Crippen molar-refractivity contribution in [3.63, 3.8) is 0 Å². The van der Waals surface area contributed by atoms with E-state index in [1.54, 1.807) is 6.92 Å². The van der Waals surface area contributed by atoms with E-state index in [-0.39, 0.29) is 21.1 Å². The molecule has 0 fully saturated rings. The summed E-state index contributed by atoms with van der Waals surface area (Å²) in [5.41, 5.74) is 0.837. The van der Waals surface area contributed by atoms with Crippen molar-refractivity contribution in [1.82, 2.24) is 4.98 Å². The lowest BCUT2D eigenvalue weighted by molar-refractivity contribution is 0.639. The van der Waals surface area contributed by atoms with E-state index in [4.69, 9.17) is 34.8 Å². The highest BCUT2D eigenvalue weighted by Gasteiger charge is 2.14. The predicted octanol–water partition coefficient (Wildman–Crippen LogP) is 4.64. The highest BCUT2D eigenvalue weighted by molar-refractivity contribution is 6.41. The van der Waals surface area contributed by atoms with Gasteiger partial charge in [0.15, 0.2) is 0 Å². The number of nitrogens with zero attached hydrogens (tertiary/aromatic N) is 1. The molecule has 78 valence electrons. The first-order valence-corrected chi connectivity index (χ1v) is 5.25. The highest BCUT2D eigenvalue weighted by Crippen LogP contribution is 2.34. The maximum absolute atomic E-state index is 13.5. The van der Waals surface area contributed by atoms with E-state index < -0.39 is 5.82 Å². The fourth-order valence-corrected chi connectivity index (χ4v) is 2.02. The molecule has 0 unspecified atom stereocenters. The number of fused-ring (bicyclic) bond motifs is 1. The SMILES string of the molecule is Cc1c(Cl)nc2c(Cl)ccc(F)c2c1Cl. The maximum atomic E-state index is 13.5. The van der Waals surface area contributed by atoms with Crippen LogP contribution in [0.15, 0.2) is 12.1 Å². The van der Waals surface area contributed by atoms with Gasteiger partial charge in [-0.15, -0.1) is 0 Å². The van der Waals surface area contributed by atoms with Gasteiger partial charge in [0, 0.05) is 5.56 Å². The van der Waals surface area contributed by atoms with Gasteiger partial charge in [0.05, 0.1) is 20.9 Å². The van der Waals surface area contributed by atoms with Crippen LogP contribution in [0, 0.1) is 12.7 Å². The van der Waals surface area contributed by atoms with Crippen molar-refractivity contribution in [3.05, 3.63) is 38.7 Å². The monoisotopic (exact) mass is 263 g/mol. The van der Waals surface area contributed by atoms with Crippen molar-refractivity contribution < 1.29 is 4.39 Å². The molecule has 0 N–H and O–H groups in total. The molecule has 1 aromatic carbocycles. The summed E-state index contributed by atoms with van der Waals surface area (Å²) < 4.78 is 13.5. The van der Waals surface area contributed by atoms with Crippen molar-refractivity contribution in [2.24, 2.45) is 0 Å². The molecule has 0 bridgehead atoms. The third-order valence-electron chi connectivity index (χ3n) is 2.15. The van der Waals surface area contributed by atoms with E-state index in [1.807, 2.05) is 0 Å². The van der Waals surface area contributed by atoms with Gasteiger partial charge < -0.3 is 0 Å². The van der Waals surface area contributed by atoms with Crippen molar-refractivity contribution in [2.45, 2.75) is 6.92 Å². The Hall–Kier alpha value is -0.570. The number of pyridine rings is 1. The molecule has 0 saturated heterocycles. The van der Waals surface area contributed by atoms with Crippen molar-refractivity contribution in [3.8, 4) is 0 Å². The maximum Gasteiger partial charge on any atom is 0.134 e. The lowest BCUT2D eigenvalue weighted by Gasteiger charge is -2.07. The molecule has 1 heterocycles. The zero-order chi connectivity index (χ0) is 11.2. The van der Waals surface area contributed by atoms with Crippen LogP contribution in [0.1, 0.15) is 5.56 Å². The molecule has 0 radical (unpaired) electrons. The van der Waals surface area contributed by atoms with Crippen LogP contribution in [0.2, 0.25) is 15.2 Å². The van der Waals surface area contributed by atoms with E-state index in [9.17, 15) is 4.39 Å². The third-order valence-corrected chi connectivity index (χ3v) is 3.29. The Morgan fingerprint density at radius 3 is 2.53 bits per heavy atom. The van der Waals surface area contributed by atoms with Gasteiger partial charge in [0.2, 0.25) is 0 Å². The van der Waals surface area contributed by atoms with Gasteiger partial charge >= 0.3 is 0 Å². The summed E-state index contributed by atoms with van der Waals surface area (Å²) in [5.74, 6) is -0.452. The smallest absolute Gasteiger partial charge is 0.134 e. The van der Waals surface area contributed by atoms with E-state index >= 15 is 0 Å². The van der Waals surface area contributed by atoms with Crippen molar-refractivity contribution in [2.75, 3.05) is 0 Å². The molecule has 15 heavy (non-hydrogen) atoms. The third kappa shape index (κ3) is 1.67. The summed E-state index contributed by atoms with van der Waals surface area (Å²) in [5, 5.41) is 1.03. The minimum absolute atomic E-state index is 0.214. The quantitative estimate of drug-likeness (QED) is 0.632. The Balaban J connectivity index is 3.04. The Labute approximate surface area is 101 Å². The zero-order valence-corrected chi connectivity index (χ0v) is 9.88. The van der Waals surface area contributed by atoms with Gasteiger partial charge in [-0.2, -0.15) is 0 Å². The molecule has 0 aliphatic rings. The Morgan fingerprint density at radius 1 is 1.20 bits per heavy atom. The number of hydrogen-bond acceptors (Lipinski definition) is 1. The van der Waals surface area contributed by atoms with E-state index in [2.05, 4.69) is 4.98 Å². The van der Waals surface area contributed by atoms with Crippen molar-refractivity contribution in [1.29, 1.82) is 0 Å². The molecular weight excluding hydrogens is 259 g/mol. The van der Waals surface area contributed by atoms with Crippen LogP contribution in [0.5, 0.6) is 0 Å². The Bertz CT molecular complexity index is 554. The van der Waals surface area contributed by atoms with E-state index in [0.29, 0.717) is 10.6 Å². The fourth-order valence-electron chi connectivity index (χ4n) is 1.32. The van der Waals surface area contributed by atoms with E-state index in [1.165, 1.54) is 12.1 Å². The van der Waals surface area contributed by atoms with Crippen LogP contribution in [-0.2, 0) is 0 Å². The number of hydrogen-bond donors (Lipinski definition) is 0. The summed E-state index contributed by atoms with van der Waals surface area (Å²) in [4.78, 5) is 4.01. The lowest BCUT2D eigenvalue weighted by Crippen LogP contribution is -1.91. The largest absolute Gasteiger partial charge is 0.234 e. The summed E-state index contributed by atoms with van der Waals surface area (Å²) in [7, 11) is 0. The molecule has 0 spiro atoms. The van der Waals surface area contributed by atoms with Gasteiger partial charge in [-0.05, 0) is 19.1 Å². The first-order chi connectivity index (χ1) is 7.02. The van der Waals surface area contributed by atoms with Gasteiger partial charge in [-0.1, -0.05) is 34.8 Å². The van der Waals surface area contributed by atoms with Crippen LogP contribution in [0.3, 0.4) is 0 Å². The van der Waals surface area contributed by atoms with Crippen LogP contribution >= 0.6 is 34.8 Å². The lowest BCUT2D eigenvalue weighted by atomic mass is 10.1. The summed E-state index contributed by atoms with van der Waals surface area (Å²) in [6.45, 7) is 1.68. The normalized spacial score (nSPS) is 11.0. The average molecular weight is 265 g/mol. The minimum Gasteiger partial charge on any atom is -0.234 e. The molecule has 2 rings (SSSR count). The summed E-state index contributed by atoms with van der Waals surface area (Å²) in [6, 6.07) is 2.68. The summed E-state index contributed by atoms with van der Waals surface area (Å²) in [6.07, 6.45) is 0. The van der Waals surface area contributed by atoms with Gasteiger partial charge in [-0.3, -0.25) is 0 Å². The number of halogens is 4. The second kappa shape index (κ2) is 3.78. The fraction of sp³-hybridized carbons (Fsp3) is 0.100. The van der Waals surface area contributed by atoms with Crippen molar-refractivity contribution >= 4 is 45.7 Å². The van der Waals surface area contributed by atoms with Crippen LogP contribution in [-0.4, -0.2) is 4.98 Å². The molecule has 0 aliphatic carbocycles. The zero-order valence-electron chi connectivity index (χ0n) is 7.61. The average Bonchev–Trinajstić information content (AvgIpc) is 2.20. The number of rotatable bonds is 0. The first-order valence-electron chi connectivity index (χ1n) is 4.11. The molecule has 0 saturated carbocycles. The molecule has 1 aromatic heterocycles. The molecule has 0 aliphatic heterocycles. The molecule has 1 nitrogen and oxygen atoms in total. The standard InChI is InChI=1S/C10H5Cl3FN/c1-4-8(12)7-6(14)3-2-5(11)9(7)15-10(4)13/h2-3H,1H3. The second-order valence-electron chi connectivity index (χ2n) is 3.09.